The summed E-state index contributed by atoms with van der Waals surface area (Å²) >= 11 is 0. The minimum Gasteiger partial charge on any atom is -0.497 e. The number of rotatable bonds is 4. The molecule has 1 heterocycles. The van der Waals surface area contributed by atoms with Crippen LogP contribution in [-0.2, 0) is 11.3 Å². The van der Waals surface area contributed by atoms with Gasteiger partial charge in [-0.25, -0.2) is 0 Å². The van der Waals surface area contributed by atoms with Gasteiger partial charge >= 0.3 is 0 Å². The summed E-state index contributed by atoms with van der Waals surface area (Å²) in [6.45, 7) is 0.579. The van der Waals surface area contributed by atoms with Crippen LogP contribution >= 0.6 is 0 Å². The predicted octanol–water partition coefficient (Wildman–Crippen LogP) is 5.92. The average molecular weight is 393 g/mol. The van der Waals surface area contributed by atoms with E-state index in [0.29, 0.717) is 13.0 Å². The van der Waals surface area contributed by atoms with E-state index in [9.17, 15) is 4.79 Å². The molecule has 0 radical (unpaired) electrons. The highest BCUT2D eigenvalue weighted by molar-refractivity contribution is 6.03. The van der Waals surface area contributed by atoms with E-state index in [1.165, 1.54) is 16.3 Å². The van der Waals surface area contributed by atoms with E-state index in [-0.39, 0.29) is 11.8 Å². The molecule has 0 saturated carbocycles. The second kappa shape index (κ2) is 7.68. The lowest BCUT2D eigenvalue weighted by Crippen LogP contribution is -2.36. The van der Waals surface area contributed by atoms with Gasteiger partial charge in [-0.05, 0) is 45.7 Å². The number of amides is 1. The monoisotopic (exact) mass is 393 g/mol. The molecule has 148 valence electrons. The second-order valence-corrected chi connectivity index (χ2v) is 7.72. The fourth-order valence-corrected chi connectivity index (χ4v) is 4.49. The highest BCUT2D eigenvalue weighted by Crippen LogP contribution is 2.44. The van der Waals surface area contributed by atoms with Crippen LogP contribution in [0.5, 0.6) is 5.75 Å². The van der Waals surface area contributed by atoms with Crippen LogP contribution < -0.4 is 9.64 Å². The van der Waals surface area contributed by atoms with Crippen molar-refractivity contribution < 1.29 is 9.53 Å². The minimum atomic E-state index is 0.000670. The van der Waals surface area contributed by atoms with Gasteiger partial charge in [0, 0.05) is 18.0 Å². The van der Waals surface area contributed by atoms with Gasteiger partial charge < -0.3 is 9.64 Å². The van der Waals surface area contributed by atoms with Gasteiger partial charge in [0.2, 0.25) is 5.91 Å². The first-order chi connectivity index (χ1) is 14.7. The van der Waals surface area contributed by atoms with E-state index in [2.05, 4.69) is 60.7 Å². The molecule has 0 spiro atoms. The van der Waals surface area contributed by atoms with E-state index >= 15 is 0 Å². The smallest absolute Gasteiger partial charge is 0.228 e. The predicted molar refractivity (Wildman–Crippen MR) is 121 cm³/mol. The molecular formula is C27H23NO2. The molecule has 1 unspecified atom stereocenters. The van der Waals surface area contributed by atoms with Crippen molar-refractivity contribution in [2.45, 2.75) is 18.9 Å². The molecule has 4 aromatic carbocycles. The van der Waals surface area contributed by atoms with Crippen LogP contribution in [0.3, 0.4) is 0 Å². The highest BCUT2D eigenvalue weighted by Gasteiger charge is 2.33. The van der Waals surface area contributed by atoms with Crippen LogP contribution in [0.15, 0.2) is 91.0 Å². The molecule has 0 aromatic heterocycles. The summed E-state index contributed by atoms with van der Waals surface area (Å²) in [6, 6.07) is 30.9. The van der Waals surface area contributed by atoms with Gasteiger partial charge in [-0.15, -0.1) is 0 Å². The molecule has 0 saturated heterocycles. The molecule has 4 aromatic rings. The molecule has 3 heteroatoms. The second-order valence-electron chi connectivity index (χ2n) is 7.72. The molecule has 0 bridgehead atoms. The largest absolute Gasteiger partial charge is 0.497 e. The molecule has 0 N–H and O–H groups in total. The topological polar surface area (TPSA) is 29.5 Å². The molecule has 1 aliphatic rings. The first-order valence-electron chi connectivity index (χ1n) is 10.2. The number of hydrogen-bond acceptors (Lipinski definition) is 2. The Morgan fingerprint density at radius 1 is 0.900 bits per heavy atom. The lowest BCUT2D eigenvalue weighted by molar-refractivity contribution is -0.119. The SMILES string of the molecule is COc1cccc(C2CC(=O)N(Cc3ccccc3)c3ccc4ccccc4c32)c1. The molecule has 1 aliphatic heterocycles. The Bertz CT molecular complexity index is 1220. The van der Waals surface area contributed by atoms with Crippen LogP contribution in [0.25, 0.3) is 10.8 Å². The first-order valence-corrected chi connectivity index (χ1v) is 10.2. The summed E-state index contributed by atoms with van der Waals surface area (Å²) in [7, 11) is 1.68. The highest BCUT2D eigenvalue weighted by atomic mass is 16.5. The number of nitrogens with zero attached hydrogens (tertiary/aromatic N) is 1. The lowest BCUT2D eigenvalue weighted by atomic mass is 9.81. The summed E-state index contributed by atoms with van der Waals surface area (Å²) in [4.78, 5) is 15.3. The van der Waals surface area contributed by atoms with E-state index in [4.69, 9.17) is 4.74 Å². The summed E-state index contributed by atoms with van der Waals surface area (Å²) in [5.74, 6) is 0.962. The van der Waals surface area contributed by atoms with Gasteiger partial charge in [-0.3, -0.25) is 4.79 Å². The fraction of sp³-hybridized carbons (Fsp3) is 0.148. The van der Waals surface area contributed by atoms with Gasteiger partial charge in [0.25, 0.3) is 0 Å². The average Bonchev–Trinajstić information content (AvgIpc) is 2.81. The maximum absolute atomic E-state index is 13.3. The van der Waals surface area contributed by atoms with Gasteiger partial charge in [0.05, 0.1) is 13.7 Å². The summed E-state index contributed by atoms with van der Waals surface area (Å²) in [6.07, 6.45) is 0.445. The van der Waals surface area contributed by atoms with Crippen LogP contribution in [0, 0.1) is 0 Å². The number of benzene rings is 4. The number of carbonyl (C=O) groups excluding carboxylic acids is 1. The molecule has 3 nitrogen and oxygen atoms in total. The third-order valence-electron chi connectivity index (χ3n) is 5.95. The lowest BCUT2D eigenvalue weighted by Gasteiger charge is -2.35. The number of ether oxygens (including phenoxy) is 1. The summed E-state index contributed by atoms with van der Waals surface area (Å²) in [5.41, 5.74) is 4.46. The van der Waals surface area contributed by atoms with Crippen molar-refractivity contribution >= 4 is 22.4 Å². The minimum absolute atomic E-state index is 0.000670. The molecule has 0 aliphatic carbocycles. The van der Waals surface area contributed by atoms with E-state index in [0.717, 1.165) is 22.6 Å². The number of anilines is 1. The molecule has 1 amide bonds. The van der Waals surface area contributed by atoms with Crippen LogP contribution in [0.4, 0.5) is 5.69 Å². The molecule has 30 heavy (non-hydrogen) atoms. The van der Waals surface area contributed by atoms with Gasteiger partial charge in [0.1, 0.15) is 5.75 Å². The first kappa shape index (κ1) is 18.4. The fourth-order valence-electron chi connectivity index (χ4n) is 4.49. The van der Waals surface area contributed by atoms with E-state index in [1.54, 1.807) is 7.11 Å². The van der Waals surface area contributed by atoms with Crippen molar-refractivity contribution in [1.29, 1.82) is 0 Å². The number of hydrogen-bond donors (Lipinski definition) is 0. The summed E-state index contributed by atoms with van der Waals surface area (Å²) in [5, 5.41) is 2.39. The Kier molecular flexibility index (Phi) is 4.72. The van der Waals surface area contributed by atoms with E-state index < -0.39 is 0 Å². The Labute approximate surface area is 176 Å². The van der Waals surface area contributed by atoms with Crippen molar-refractivity contribution in [2.75, 3.05) is 12.0 Å². The van der Waals surface area contributed by atoms with Crippen LogP contribution in [0.2, 0.25) is 0 Å². The third-order valence-corrected chi connectivity index (χ3v) is 5.95. The van der Waals surface area contributed by atoms with Crippen LogP contribution in [-0.4, -0.2) is 13.0 Å². The maximum Gasteiger partial charge on any atom is 0.228 e. The van der Waals surface area contributed by atoms with Gasteiger partial charge in [-0.1, -0.05) is 72.8 Å². The molecular weight excluding hydrogens is 370 g/mol. The standard InChI is InChI=1S/C27H23NO2/c1-30-22-12-7-11-21(16-22)24-17-26(29)28(18-19-8-3-2-4-9-19)25-15-14-20-10-5-6-13-23(20)27(24)25/h2-16,24H,17-18H2,1H3. The van der Waals surface area contributed by atoms with Crippen molar-refractivity contribution in [1.82, 2.24) is 0 Å². The zero-order valence-electron chi connectivity index (χ0n) is 16.9. The number of fused-ring (bicyclic) bond motifs is 3. The third kappa shape index (κ3) is 3.22. The summed E-state index contributed by atoms with van der Waals surface area (Å²) < 4.78 is 5.45. The van der Waals surface area contributed by atoms with Crippen molar-refractivity contribution in [2.24, 2.45) is 0 Å². The molecule has 0 fully saturated rings. The van der Waals surface area contributed by atoms with Crippen molar-refractivity contribution in [3.05, 3.63) is 108 Å². The quantitative estimate of drug-likeness (QED) is 0.431. The number of methoxy groups -OCH3 is 1. The molecule has 1 atom stereocenters. The Balaban J connectivity index is 1.69. The van der Waals surface area contributed by atoms with E-state index in [1.807, 2.05) is 35.2 Å². The zero-order valence-corrected chi connectivity index (χ0v) is 16.9. The Morgan fingerprint density at radius 2 is 1.70 bits per heavy atom. The Hall–Kier alpha value is -3.59. The van der Waals surface area contributed by atoms with Gasteiger partial charge in [0.15, 0.2) is 0 Å². The molecule has 5 rings (SSSR count). The van der Waals surface area contributed by atoms with Crippen LogP contribution in [0.1, 0.15) is 29.0 Å². The van der Waals surface area contributed by atoms with Gasteiger partial charge in [-0.2, -0.15) is 0 Å². The zero-order chi connectivity index (χ0) is 20.5. The number of carbonyl (C=O) groups is 1. The van der Waals surface area contributed by atoms with Crippen molar-refractivity contribution in [3.63, 3.8) is 0 Å². The maximum atomic E-state index is 13.3. The Morgan fingerprint density at radius 3 is 2.53 bits per heavy atom. The van der Waals surface area contributed by atoms with Crippen molar-refractivity contribution in [3.8, 4) is 5.75 Å². The normalized spacial score (nSPS) is 15.8.